The highest BCUT2D eigenvalue weighted by atomic mass is 32.1. The third kappa shape index (κ3) is 4.29. The van der Waals surface area contributed by atoms with Crippen LogP contribution in [0.4, 0.5) is 5.82 Å². The third-order valence-electron chi connectivity index (χ3n) is 3.72. The first-order valence-corrected chi connectivity index (χ1v) is 9.12. The number of carbonyl (C=O) groups is 2. The normalized spacial score (nSPS) is 10.9. The molecule has 0 spiro atoms. The lowest BCUT2D eigenvalue weighted by molar-refractivity contribution is -0.116. The smallest absolute Gasteiger partial charge is 0.348 e. The highest BCUT2D eigenvalue weighted by Gasteiger charge is 2.20. The number of rotatable bonds is 6. The molecule has 0 aliphatic rings. The molecule has 0 aliphatic carbocycles. The Morgan fingerprint density at radius 3 is 2.74 bits per heavy atom. The molecule has 0 saturated heterocycles. The van der Waals surface area contributed by atoms with E-state index in [9.17, 15) is 9.59 Å². The Hall–Kier alpha value is -3.26. The number of nitrogens with zero attached hydrogens (tertiary/aromatic N) is 2. The molecular weight excluding hydrogens is 364 g/mol. The number of hydrogen-bond acceptors (Lipinski definition) is 7. The molecule has 0 saturated carbocycles. The largest absolute Gasteiger partial charge is 0.462 e. The zero-order valence-electron chi connectivity index (χ0n) is 14.9. The summed E-state index contributed by atoms with van der Waals surface area (Å²) in [4.78, 5) is 33.6. The van der Waals surface area contributed by atoms with E-state index < -0.39 is 5.97 Å². The van der Waals surface area contributed by atoms with E-state index in [-0.39, 0.29) is 5.91 Å². The lowest BCUT2D eigenvalue weighted by Gasteiger charge is -2.07. The van der Waals surface area contributed by atoms with Crippen molar-refractivity contribution in [1.82, 2.24) is 15.4 Å². The fraction of sp³-hybridized carbons (Fsp3) is 0.158. The maximum absolute atomic E-state index is 12.1. The van der Waals surface area contributed by atoms with Crippen molar-refractivity contribution in [3.63, 3.8) is 0 Å². The summed E-state index contributed by atoms with van der Waals surface area (Å²) in [7, 11) is 0. The number of aromatic nitrogens is 2. The minimum Gasteiger partial charge on any atom is -0.462 e. The summed E-state index contributed by atoms with van der Waals surface area (Å²) in [5.74, 6) is -0.298. The molecular formula is C19H18N4O3S. The lowest BCUT2D eigenvalue weighted by atomic mass is 10.2. The molecule has 0 fully saturated rings. The van der Waals surface area contributed by atoms with Crippen LogP contribution in [-0.2, 0) is 9.53 Å². The van der Waals surface area contributed by atoms with Crippen LogP contribution < -0.4 is 10.9 Å². The first-order valence-electron chi connectivity index (χ1n) is 8.30. The number of ether oxygens (including phenoxy) is 1. The van der Waals surface area contributed by atoms with Crippen LogP contribution in [0.25, 0.3) is 16.3 Å². The maximum Gasteiger partial charge on any atom is 0.348 e. The fourth-order valence-corrected chi connectivity index (χ4v) is 3.50. The number of carbonyl (C=O) groups excluding carboxylic acids is 2. The molecule has 138 valence electrons. The van der Waals surface area contributed by atoms with Crippen molar-refractivity contribution in [2.75, 3.05) is 12.0 Å². The molecule has 2 N–H and O–H groups in total. The van der Waals surface area contributed by atoms with Gasteiger partial charge in [-0.25, -0.2) is 14.8 Å². The van der Waals surface area contributed by atoms with Gasteiger partial charge < -0.3 is 4.74 Å². The van der Waals surface area contributed by atoms with Crippen LogP contribution in [-0.4, -0.2) is 28.5 Å². The molecule has 0 bridgehead atoms. The first kappa shape index (κ1) is 18.5. The van der Waals surface area contributed by atoms with Crippen LogP contribution in [0, 0.1) is 6.92 Å². The van der Waals surface area contributed by atoms with Gasteiger partial charge in [0.25, 0.3) is 5.91 Å². The number of aryl methyl sites for hydroxylation is 1. The highest BCUT2D eigenvalue weighted by molar-refractivity contribution is 7.20. The number of esters is 1. The van der Waals surface area contributed by atoms with Crippen molar-refractivity contribution in [1.29, 1.82) is 0 Å². The van der Waals surface area contributed by atoms with Gasteiger partial charge in [-0.15, -0.1) is 11.3 Å². The summed E-state index contributed by atoms with van der Waals surface area (Å²) >= 11 is 1.24. The van der Waals surface area contributed by atoms with Crippen LogP contribution >= 0.6 is 11.3 Å². The minimum absolute atomic E-state index is 0.299. The molecule has 3 aromatic rings. The zero-order chi connectivity index (χ0) is 19.2. The Morgan fingerprint density at radius 2 is 2.00 bits per heavy atom. The van der Waals surface area contributed by atoms with Gasteiger partial charge in [-0.05, 0) is 31.1 Å². The van der Waals surface area contributed by atoms with Gasteiger partial charge in [-0.3, -0.25) is 15.6 Å². The molecule has 3 rings (SSSR count). The Balaban J connectivity index is 1.76. The molecule has 0 radical (unpaired) electrons. The third-order valence-corrected chi connectivity index (χ3v) is 4.90. The standard InChI is InChI=1S/C19H18N4O3S/c1-3-26-19(25)16-12(2)15-17(20-11-21-18(15)27-16)23-22-14(24)10-9-13-7-5-4-6-8-13/h4-11H,3H2,1-2H3,(H,22,24)(H,20,21,23)/b10-9+. The zero-order valence-corrected chi connectivity index (χ0v) is 15.7. The summed E-state index contributed by atoms with van der Waals surface area (Å²) in [6, 6.07) is 9.50. The van der Waals surface area contributed by atoms with Gasteiger partial charge in [0.1, 0.15) is 16.0 Å². The van der Waals surface area contributed by atoms with E-state index in [1.807, 2.05) is 30.3 Å². The van der Waals surface area contributed by atoms with E-state index in [0.29, 0.717) is 33.1 Å². The van der Waals surface area contributed by atoms with Gasteiger partial charge in [-0.2, -0.15) is 0 Å². The van der Waals surface area contributed by atoms with E-state index in [2.05, 4.69) is 20.8 Å². The second-order valence-corrected chi connectivity index (χ2v) is 6.54. The van der Waals surface area contributed by atoms with Crippen molar-refractivity contribution < 1.29 is 14.3 Å². The second-order valence-electron chi connectivity index (χ2n) is 5.54. The van der Waals surface area contributed by atoms with Crippen LogP contribution in [0.15, 0.2) is 42.7 Å². The van der Waals surface area contributed by atoms with Gasteiger partial charge >= 0.3 is 5.97 Å². The summed E-state index contributed by atoms with van der Waals surface area (Å²) in [6.45, 7) is 3.86. The van der Waals surface area contributed by atoms with Gasteiger partial charge in [0, 0.05) is 6.08 Å². The number of nitrogens with one attached hydrogen (secondary N) is 2. The molecule has 1 amide bonds. The molecule has 8 heteroatoms. The van der Waals surface area contributed by atoms with Gasteiger partial charge in [-0.1, -0.05) is 30.3 Å². The van der Waals surface area contributed by atoms with Crippen molar-refractivity contribution in [3.8, 4) is 0 Å². The maximum atomic E-state index is 12.1. The van der Waals surface area contributed by atoms with Crippen molar-refractivity contribution in [2.24, 2.45) is 0 Å². The average Bonchev–Trinajstić information content (AvgIpc) is 3.03. The molecule has 2 heterocycles. The number of amides is 1. The fourth-order valence-electron chi connectivity index (χ4n) is 2.46. The number of hydrazine groups is 1. The van der Waals surface area contributed by atoms with E-state index >= 15 is 0 Å². The minimum atomic E-state index is -0.390. The molecule has 0 unspecified atom stereocenters. The monoisotopic (exact) mass is 382 g/mol. The lowest BCUT2D eigenvalue weighted by Crippen LogP contribution is -2.28. The molecule has 7 nitrogen and oxygen atoms in total. The number of fused-ring (bicyclic) bond motifs is 1. The Bertz CT molecular complexity index is 999. The van der Waals surface area contributed by atoms with Crippen molar-refractivity contribution in [2.45, 2.75) is 13.8 Å². The molecule has 0 atom stereocenters. The van der Waals surface area contributed by atoms with Gasteiger partial charge in [0.05, 0.1) is 12.0 Å². The van der Waals surface area contributed by atoms with E-state index in [4.69, 9.17) is 4.74 Å². The van der Waals surface area contributed by atoms with E-state index in [0.717, 1.165) is 5.56 Å². The summed E-state index contributed by atoms with van der Waals surface area (Å²) < 4.78 is 5.07. The molecule has 2 aromatic heterocycles. The van der Waals surface area contributed by atoms with Crippen LogP contribution in [0.5, 0.6) is 0 Å². The summed E-state index contributed by atoms with van der Waals surface area (Å²) in [5.41, 5.74) is 7.01. The Morgan fingerprint density at radius 1 is 1.22 bits per heavy atom. The molecule has 27 heavy (non-hydrogen) atoms. The summed E-state index contributed by atoms with van der Waals surface area (Å²) in [6.07, 6.45) is 4.51. The molecule has 0 aliphatic heterocycles. The average molecular weight is 382 g/mol. The number of anilines is 1. The Labute approximate surface area is 160 Å². The topological polar surface area (TPSA) is 93.2 Å². The molecule has 1 aromatic carbocycles. The second kappa shape index (κ2) is 8.41. The van der Waals surface area contributed by atoms with E-state index in [1.54, 1.807) is 19.9 Å². The first-order chi connectivity index (χ1) is 13.1. The highest BCUT2D eigenvalue weighted by Crippen LogP contribution is 2.33. The van der Waals surface area contributed by atoms with Crippen molar-refractivity contribution >= 4 is 45.3 Å². The van der Waals surface area contributed by atoms with Crippen molar-refractivity contribution in [3.05, 3.63) is 58.7 Å². The predicted molar refractivity (Wildman–Crippen MR) is 105 cm³/mol. The van der Waals surface area contributed by atoms with Crippen LogP contribution in [0.1, 0.15) is 27.7 Å². The van der Waals surface area contributed by atoms with Crippen LogP contribution in [0.3, 0.4) is 0 Å². The van der Waals surface area contributed by atoms with E-state index in [1.165, 1.54) is 23.7 Å². The van der Waals surface area contributed by atoms with Crippen LogP contribution in [0.2, 0.25) is 0 Å². The summed E-state index contributed by atoms with van der Waals surface area (Å²) in [5, 5.41) is 0.679. The Kier molecular flexibility index (Phi) is 5.77. The van der Waals surface area contributed by atoms with Gasteiger partial charge in [0.15, 0.2) is 5.82 Å². The quantitative estimate of drug-likeness (QED) is 0.386. The number of thiophene rings is 1. The SMILES string of the molecule is CCOC(=O)c1sc2ncnc(NNC(=O)/C=C/c3ccccc3)c2c1C. The van der Waals surface area contributed by atoms with Gasteiger partial charge in [0.2, 0.25) is 0 Å². The number of hydrogen-bond donors (Lipinski definition) is 2. The number of benzene rings is 1. The predicted octanol–water partition coefficient (Wildman–Crippen LogP) is 3.33.